The summed E-state index contributed by atoms with van der Waals surface area (Å²) in [5.74, 6) is 1.33. The molecule has 0 amide bonds. The molecule has 0 aliphatic carbocycles. The van der Waals surface area contributed by atoms with Gasteiger partial charge in [0.25, 0.3) is 0 Å². The predicted molar refractivity (Wildman–Crippen MR) is 85.3 cm³/mol. The maximum absolute atomic E-state index is 3.75. The van der Waals surface area contributed by atoms with Crippen LogP contribution >= 0.6 is 27.7 Å². The van der Waals surface area contributed by atoms with Crippen LogP contribution in [0.3, 0.4) is 0 Å². The lowest BCUT2D eigenvalue weighted by molar-refractivity contribution is 0.462. The zero-order chi connectivity index (χ0) is 13.0. The van der Waals surface area contributed by atoms with Crippen molar-refractivity contribution in [3.05, 3.63) is 34.3 Å². The summed E-state index contributed by atoms with van der Waals surface area (Å²) in [6.07, 6.45) is 3.86. The molecule has 1 N–H and O–H groups in total. The molecule has 0 saturated carbocycles. The average molecular weight is 328 g/mol. The quantitative estimate of drug-likeness (QED) is 0.835. The van der Waals surface area contributed by atoms with Crippen molar-refractivity contribution in [1.82, 2.24) is 5.32 Å². The van der Waals surface area contributed by atoms with Crippen LogP contribution in [0.15, 0.2) is 28.7 Å². The molecule has 2 rings (SSSR count). The van der Waals surface area contributed by atoms with E-state index in [0.29, 0.717) is 10.8 Å². The Morgan fingerprint density at radius 3 is 2.67 bits per heavy atom. The van der Waals surface area contributed by atoms with Crippen LogP contribution in [0.1, 0.15) is 44.7 Å². The zero-order valence-electron chi connectivity index (χ0n) is 11.2. The summed E-state index contributed by atoms with van der Waals surface area (Å²) in [5.41, 5.74) is 1.40. The Bertz CT molecular complexity index is 371. The van der Waals surface area contributed by atoms with Crippen LogP contribution in [0.25, 0.3) is 0 Å². The number of hydrogen-bond donors (Lipinski definition) is 1. The second-order valence-corrected chi connectivity index (χ2v) is 7.89. The molecule has 18 heavy (non-hydrogen) atoms. The number of rotatable bonds is 5. The summed E-state index contributed by atoms with van der Waals surface area (Å²) < 4.78 is 1.60. The fraction of sp³-hybridized carbons (Fsp3) is 0.600. The Labute approximate surface area is 123 Å². The first-order valence-electron chi connectivity index (χ1n) is 6.76. The third kappa shape index (κ3) is 3.75. The zero-order valence-corrected chi connectivity index (χ0v) is 13.6. The maximum Gasteiger partial charge on any atom is 0.0318 e. The molecule has 1 nitrogen and oxygen atoms in total. The number of halogens is 1. The number of hydrogen-bond acceptors (Lipinski definition) is 2. The second-order valence-electron chi connectivity index (χ2n) is 5.30. The molecule has 0 spiro atoms. The molecule has 100 valence electrons. The lowest BCUT2D eigenvalue weighted by Crippen LogP contribution is -2.35. The van der Waals surface area contributed by atoms with Crippen LogP contribution in [0.4, 0.5) is 0 Å². The molecule has 1 aromatic rings. The minimum absolute atomic E-state index is 0.447. The van der Waals surface area contributed by atoms with Crippen molar-refractivity contribution in [2.75, 3.05) is 12.3 Å². The molecule has 3 heteroatoms. The monoisotopic (exact) mass is 327 g/mol. The van der Waals surface area contributed by atoms with Gasteiger partial charge < -0.3 is 5.32 Å². The smallest absolute Gasteiger partial charge is 0.0318 e. The van der Waals surface area contributed by atoms with E-state index < -0.39 is 0 Å². The van der Waals surface area contributed by atoms with Crippen LogP contribution in [0.2, 0.25) is 0 Å². The van der Waals surface area contributed by atoms with E-state index >= 15 is 0 Å². The third-order valence-electron chi connectivity index (χ3n) is 3.70. The molecule has 1 aliphatic heterocycles. The van der Waals surface area contributed by atoms with E-state index in [4.69, 9.17) is 0 Å². The van der Waals surface area contributed by atoms with Gasteiger partial charge in [-0.2, -0.15) is 11.8 Å². The Morgan fingerprint density at radius 1 is 1.39 bits per heavy atom. The van der Waals surface area contributed by atoms with Crippen LogP contribution in [-0.2, 0) is 0 Å². The lowest BCUT2D eigenvalue weighted by atomic mass is 10.0. The fourth-order valence-electron chi connectivity index (χ4n) is 2.51. The van der Waals surface area contributed by atoms with E-state index in [1.807, 2.05) is 0 Å². The standard InChI is InChI=1S/C15H22BrNS/c1-3-14(12-5-7-13(16)8-6-12)17-11-15(2)9-4-10-18-15/h5-8,14,17H,3-4,9-11H2,1-2H3. The second kappa shape index (κ2) is 6.44. The molecule has 2 unspecified atom stereocenters. The molecule has 2 atom stereocenters. The minimum Gasteiger partial charge on any atom is -0.309 e. The van der Waals surface area contributed by atoms with Crippen LogP contribution in [-0.4, -0.2) is 17.0 Å². The summed E-state index contributed by atoms with van der Waals surface area (Å²) >= 11 is 5.62. The van der Waals surface area contributed by atoms with Gasteiger partial charge in [-0.1, -0.05) is 35.0 Å². The molecule has 1 aliphatic rings. The van der Waals surface area contributed by atoms with E-state index in [1.54, 1.807) is 0 Å². The first kappa shape index (κ1) is 14.4. The summed E-state index contributed by atoms with van der Waals surface area (Å²) in [6, 6.07) is 9.18. The molecular formula is C15H22BrNS. The van der Waals surface area contributed by atoms with E-state index in [-0.39, 0.29) is 0 Å². The van der Waals surface area contributed by atoms with Crippen LogP contribution in [0, 0.1) is 0 Å². The van der Waals surface area contributed by atoms with Crippen molar-refractivity contribution in [3.8, 4) is 0 Å². The summed E-state index contributed by atoms with van der Waals surface area (Å²) in [7, 11) is 0. The minimum atomic E-state index is 0.447. The van der Waals surface area contributed by atoms with Gasteiger partial charge in [0.15, 0.2) is 0 Å². The van der Waals surface area contributed by atoms with Gasteiger partial charge in [0.1, 0.15) is 0 Å². The van der Waals surface area contributed by atoms with Crippen molar-refractivity contribution in [1.29, 1.82) is 0 Å². The molecule has 1 aromatic carbocycles. The Hall–Kier alpha value is 0.01000. The molecule has 0 radical (unpaired) electrons. The van der Waals surface area contributed by atoms with Gasteiger partial charge in [0.05, 0.1) is 0 Å². The van der Waals surface area contributed by atoms with Crippen molar-refractivity contribution in [2.45, 2.75) is 43.9 Å². The highest BCUT2D eigenvalue weighted by Crippen LogP contribution is 2.37. The van der Waals surface area contributed by atoms with Crippen LogP contribution in [0.5, 0.6) is 0 Å². The summed E-state index contributed by atoms with van der Waals surface area (Å²) in [6.45, 7) is 5.77. The van der Waals surface area contributed by atoms with E-state index in [9.17, 15) is 0 Å². The SMILES string of the molecule is CCC(NCC1(C)CCCS1)c1ccc(Br)cc1. The van der Waals surface area contributed by atoms with Gasteiger partial charge in [-0.25, -0.2) is 0 Å². The van der Waals surface area contributed by atoms with Crippen molar-refractivity contribution in [2.24, 2.45) is 0 Å². The van der Waals surface area contributed by atoms with Gasteiger partial charge >= 0.3 is 0 Å². The maximum atomic E-state index is 3.75. The predicted octanol–water partition coefficient (Wildman–Crippen LogP) is 4.78. The Kier molecular flexibility index (Phi) is 5.16. The van der Waals surface area contributed by atoms with E-state index in [0.717, 1.165) is 17.4 Å². The van der Waals surface area contributed by atoms with E-state index in [1.165, 1.54) is 24.2 Å². The first-order valence-corrected chi connectivity index (χ1v) is 8.54. The van der Waals surface area contributed by atoms with Crippen molar-refractivity contribution >= 4 is 27.7 Å². The van der Waals surface area contributed by atoms with Gasteiger partial charge in [0.2, 0.25) is 0 Å². The lowest BCUT2D eigenvalue weighted by Gasteiger charge is -2.27. The molecule has 0 bridgehead atoms. The van der Waals surface area contributed by atoms with Gasteiger partial charge in [-0.3, -0.25) is 0 Å². The fourth-order valence-corrected chi connectivity index (χ4v) is 4.03. The normalized spacial score (nSPS) is 25.3. The van der Waals surface area contributed by atoms with Crippen LogP contribution < -0.4 is 5.32 Å². The Balaban J connectivity index is 1.95. The highest BCUT2D eigenvalue weighted by molar-refractivity contribution is 9.10. The van der Waals surface area contributed by atoms with Gasteiger partial charge in [0, 0.05) is 21.8 Å². The number of benzene rings is 1. The van der Waals surface area contributed by atoms with Crippen molar-refractivity contribution in [3.63, 3.8) is 0 Å². The number of nitrogens with one attached hydrogen (secondary N) is 1. The summed E-state index contributed by atoms with van der Waals surface area (Å²) in [4.78, 5) is 0. The first-order chi connectivity index (χ1) is 8.63. The molecule has 1 heterocycles. The van der Waals surface area contributed by atoms with Gasteiger partial charge in [-0.15, -0.1) is 0 Å². The van der Waals surface area contributed by atoms with Gasteiger partial charge in [-0.05, 0) is 49.6 Å². The third-order valence-corrected chi connectivity index (χ3v) is 5.77. The topological polar surface area (TPSA) is 12.0 Å². The highest BCUT2D eigenvalue weighted by Gasteiger charge is 2.29. The average Bonchev–Trinajstić information content (AvgIpc) is 2.79. The largest absolute Gasteiger partial charge is 0.309 e. The Morgan fingerprint density at radius 2 is 2.11 bits per heavy atom. The highest BCUT2D eigenvalue weighted by atomic mass is 79.9. The molecule has 1 fully saturated rings. The molecule has 1 saturated heterocycles. The van der Waals surface area contributed by atoms with Crippen molar-refractivity contribution < 1.29 is 0 Å². The molecule has 0 aromatic heterocycles. The summed E-state index contributed by atoms with van der Waals surface area (Å²) in [5, 5.41) is 3.75. The van der Waals surface area contributed by atoms with E-state index in [2.05, 4.69) is 71.1 Å². The number of thioether (sulfide) groups is 1. The molecular weight excluding hydrogens is 306 g/mol.